The maximum atomic E-state index is 14.5. The van der Waals surface area contributed by atoms with Gasteiger partial charge in [0, 0.05) is 39.3 Å². The molecule has 0 radical (unpaired) electrons. The molecule has 3 heterocycles. The summed E-state index contributed by atoms with van der Waals surface area (Å²) in [4.78, 5) is 33.1. The van der Waals surface area contributed by atoms with Crippen LogP contribution in [0.3, 0.4) is 0 Å². The van der Waals surface area contributed by atoms with Crippen LogP contribution in [0.4, 0.5) is 0 Å². The Kier molecular flexibility index (Phi) is 8.88. The molecule has 1 aliphatic heterocycles. The van der Waals surface area contributed by atoms with Gasteiger partial charge in [0.05, 0.1) is 36.1 Å². The molecule has 0 aliphatic carbocycles. The molecule has 0 spiro atoms. The highest BCUT2D eigenvalue weighted by molar-refractivity contribution is 7.07. The van der Waals surface area contributed by atoms with E-state index in [1.165, 1.54) is 11.3 Å². The van der Waals surface area contributed by atoms with E-state index in [2.05, 4.69) is 23.6 Å². The van der Waals surface area contributed by atoms with Gasteiger partial charge in [-0.2, -0.15) is 0 Å². The van der Waals surface area contributed by atoms with E-state index >= 15 is 0 Å². The minimum absolute atomic E-state index is 0.183. The van der Waals surface area contributed by atoms with Gasteiger partial charge in [-0.1, -0.05) is 65.4 Å². The molecule has 236 valence electrons. The van der Waals surface area contributed by atoms with Gasteiger partial charge in [-0.05, 0) is 63.6 Å². The molecule has 5 aromatic rings. The second-order valence-electron chi connectivity index (χ2n) is 10.8. The Morgan fingerprint density at radius 2 is 1.78 bits per heavy atom. The van der Waals surface area contributed by atoms with Crippen molar-refractivity contribution in [2.24, 2.45) is 4.99 Å². The molecule has 46 heavy (non-hydrogen) atoms. The van der Waals surface area contributed by atoms with Gasteiger partial charge < -0.3 is 18.8 Å². The van der Waals surface area contributed by atoms with Crippen LogP contribution >= 0.6 is 22.9 Å². The molecule has 1 atom stereocenters. The SMILES string of the molecule is CCOC(=O)C1=C(C)N=c2s/c(=C/c3c(C)n(Cc4ccc(Cl)cc4)c4ccccc34)c(=O)n2[C@H]1c1cccc(OC)c1OCC. The number of esters is 1. The molecule has 0 fully saturated rings. The largest absolute Gasteiger partial charge is 0.493 e. The third kappa shape index (κ3) is 5.54. The van der Waals surface area contributed by atoms with Crippen LogP contribution in [0, 0.1) is 6.92 Å². The summed E-state index contributed by atoms with van der Waals surface area (Å²) in [7, 11) is 1.56. The first-order chi connectivity index (χ1) is 22.3. The lowest BCUT2D eigenvalue weighted by atomic mass is 9.94. The Bertz CT molecular complexity index is 2180. The average molecular weight is 656 g/mol. The molecule has 0 amide bonds. The highest BCUT2D eigenvalue weighted by Crippen LogP contribution is 2.41. The van der Waals surface area contributed by atoms with E-state index in [-0.39, 0.29) is 17.7 Å². The number of para-hydroxylation sites is 2. The first-order valence-corrected chi connectivity index (χ1v) is 16.3. The molecule has 0 saturated heterocycles. The molecule has 0 unspecified atom stereocenters. The normalized spacial score (nSPS) is 14.7. The van der Waals surface area contributed by atoms with Crippen LogP contribution in [0.5, 0.6) is 11.5 Å². The summed E-state index contributed by atoms with van der Waals surface area (Å²) in [5.74, 6) is 0.433. The molecule has 3 aromatic carbocycles. The molecule has 2 aromatic heterocycles. The number of benzene rings is 3. The average Bonchev–Trinajstić information content (AvgIpc) is 3.50. The molecule has 8 nitrogen and oxygen atoms in total. The zero-order valence-corrected chi connectivity index (χ0v) is 27.9. The van der Waals surface area contributed by atoms with Gasteiger partial charge in [0.1, 0.15) is 6.04 Å². The van der Waals surface area contributed by atoms with Crippen LogP contribution in [0.15, 0.2) is 87.8 Å². The van der Waals surface area contributed by atoms with Gasteiger partial charge in [-0.15, -0.1) is 0 Å². The fourth-order valence-electron chi connectivity index (χ4n) is 6.04. The van der Waals surface area contributed by atoms with E-state index in [1.807, 2.05) is 61.5 Å². The van der Waals surface area contributed by atoms with Gasteiger partial charge in [-0.25, -0.2) is 9.79 Å². The number of carbonyl (C=O) groups excluding carboxylic acids is 1. The van der Waals surface area contributed by atoms with E-state index in [0.717, 1.165) is 27.7 Å². The minimum atomic E-state index is -0.832. The lowest BCUT2D eigenvalue weighted by Crippen LogP contribution is -2.40. The maximum Gasteiger partial charge on any atom is 0.338 e. The van der Waals surface area contributed by atoms with Crippen molar-refractivity contribution in [3.8, 4) is 11.5 Å². The van der Waals surface area contributed by atoms with E-state index in [1.54, 1.807) is 31.6 Å². The van der Waals surface area contributed by atoms with Gasteiger partial charge in [0.2, 0.25) is 0 Å². The summed E-state index contributed by atoms with van der Waals surface area (Å²) in [5.41, 5.74) is 5.26. The number of nitrogens with zero attached hydrogens (tertiary/aromatic N) is 3. The number of hydrogen-bond acceptors (Lipinski definition) is 7. The monoisotopic (exact) mass is 655 g/mol. The molecular weight excluding hydrogens is 622 g/mol. The number of hydrogen-bond donors (Lipinski definition) is 0. The predicted molar refractivity (Wildman–Crippen MR) is 182 cm³/mol. The second-order valence-corrected chi connectivity index (χ2v) is 12.3. The number of methoxy groups -OCH3 is 1. The van der Waals surface area contributed by atoms with Gasteiger partial charge >= 0.3 is 5.97 Å². The Labute approximate surface area is 275 Å². The maximum absolute atomic E-state index is 14.5. The highest BCUT2D eigenvalue weighted by atomic mass is 35.5. The topological polar surface area (TPSA) is 84.1 Å². The Morgan fingerprint density at radius 3 is 2.50 bits per heavy atom. The third-order valence-corrected chi connectivity index (χ3v) is 9.37. The summed E-state index contributed by atoms with van der Waals surface area (Å²) in [5, 5.41) is 1.72. The standard InChI is InChI=1S/C36H34ClN3O5S/c1-6-44-33-26(12-10-14-29(33)43-5)32-31(35(42)45-7-2)21(3)38-36-40(32)34(41)30(46-36)19-27-22(4)39(28-13-9-8-11-25(27)28)20-23-15-17-24(37)18-16-23/h8-19,32H,6-7,20H2,1-5H3/b30-19+/t32-/m0/s1. The van der Waals surface area contributed by atoms with Crippen molar-refractivity contribution in [1.29, 1.82) is 0 Å². The molecule has 6 rings (SSSR count). The van der Waals surface area contributed by atoms with Crippen LogP contribution in [0.25, 0.3) is 17.0 Å². The Balaban J connectivity index is 1.57. The number of carbonyl (C=O) groups is 1. The van der Waals surface area contributed by atoms with Crippen LogP contribution in [0.1, 0.15) is 49.2 Å². The second kappa shape index (κ2) is 13.0. The molecular formula is C36H34ClN3O5S. The van der Waals surface area contributed by atoms with Crippen molar-refractivity contribution in [2.45, 2.75) is 40.3 Å². The van der Waals surface area contributed by atoms with Gasteiger partial charge in [0.15, 0.2) is 16.3 Å². The van der Waals surface area contributed by atoms with Crippen LogP contribution in [-0.4, -0.2) is 35.4 Å². The number of aromatic nitrogens is 2. The summed E-state index contributed by atoms with van der Waals surface area (Å²) in [6, 6.07) is 20.6. The van der Waals surface area contributed by atoms with Crippen molar-refractivity contribution in [2.75, 3.05) is 20.3 Å². The summed E-state index contributed by atoms with van der Waals surface area (Å²) < 4.78 is 21.5. The first kappa shape index (κ1) is 31.4. The van der Waals surface area contributed by atoms with Crippen molar-refractivity contribution in [1.82, 2.24) is 9.13 Å². The first-order valence-electron chi connectivity index (χ1n) is 15.1. The summed E-state index contributed by atoms with van der Waals surface area (Å²) in [6.45, 7) is 8.66. The highest BCUT2D eigenvalue weighted by Gasteiger charge is 2.36. The molecule has 1 aliphatic rings. The van der Waals surface area contributed by atoms with E-state index in [4.69, 9.17) is 30.8 Å². The molecule has 0 bridgehead atoms. The van der Waals surface area contributed by atoms with E-state index in [9.17, 15) is 9.59 Å². The van der Waals surface area contributed by atoms with Gasteiger partial charge in [0.25, 0.3) is 5.56 Å². The van der Waals surface area contributed by atoms with Crippen LogP contribution in [0.2, 0.25) is 5.02 Å². The zero-order valence-electron chi connectivity index (χ0n) is 26.3. The number of fused-ring (bicyclic) bond motifs is 2. The number of ether oxygens (including phenoxy) is 3. The van der Waals surface area contributed by atoms with E-state index in [0.29, 0.717) is 50.3 Å². The minimum Gasteiger partial charge on any atom is -0.493 e. The van der Waals surface area contributed by atoms with Crippen LogP contribution < -0.4 is 24.4 Å². The summed E-state index contributed by atoms with van der Waals surface area (Å²) >= 11 is 7.43. The van der Waals surface area contributed by atoms with Gasteiger partial charge in [-0.3, -0.25) is 9.36 Å². The van der Waals surface area contributed by atoms with E-state index < -0.39 is 12.0 Å². The van der Waals surface area contributed by atoms with Crippen LogP contribution in [-0.2, 0) is 16.1 Å². The fraction of sp³-hybridized carbons (Fsp3) is 0.250. The number of allylic oxidation sites excluding steroid dienone is 1. The van der Waals surface area contributed by atoms with Crippen molar-refractivity contribution < 1.29 is 19.0 Å². The quantitative estimate of drug-likeness (QED) is 0.177. The molecule has 10 heteroatoms. The number of thiazole rings is 1. The fourth-order valence-corrected chi connectivity index (χ4v) is 7.19. The lowest BCUT2D eigenvalue weighted by Gasteiger charge is -2.26. The summed E-state index contributed by atoms with van der Waals surface area (Å²) in [6.07, 6.45) is 1.94. The Hall–Kier alpha value is -4.60. The lowest BCUT2D eigenvalue weighted by molar-refractivity contribution is -0.139. The third-order valence-electron chi connectivity index (χ3n) is 8.14. The van der Waals surface area contributed by atoms with Crippen molar-refractivity contribution in [3.63, 3.8) is 0 Å². The number of halogens is 1. The zero-order chi connectivity index (χ0) is 32.5. The Morgan fingerprint density at radius 1 is 1.02 bits per heavy atom. The smallest absolute Gasteiger partial charge is 0.338 e. The number of rotatable bonds is 9. The predicted octanol–water partition coefficient (Wildman–Crippen LogP) is 6.17. The van der Waals surface area contributed by atoms with Crippen molar-refractivity contribution >= 4 is 45.9 Å². The molecule has 0 saturated carbocycles. The van der Waals surface area contributed by atoms with Crippen molar-refractivity contribution in [3.05, 3.63) is 125 Å². The molecule has 0 N–H and O–H groups in total.